The molecule has 1 aromatic carbocycles. The van der Waals surface area contributed by atoms with Crippen molar-refractivity contribution in [2.24, 2.45) is 23.7 Å². The molecular weight excluding hydrogens is 344 g/mol. The van der Waals surface area contributed by atoms with E-state index in [4.69, 9.17) is 21.1 Å². The quantitative estimate of drug-likeness (QED) is 0.603. The molecule has 2 nitrogen and oxygen atoms in total. The van der Waals surface area contributed by atoms with E-state index < -0.39 is 0 Å². The van der Waals surface area contributed by atoms with Gasteiger partial charge in [0.15, 0.2) is 6.29 Å². The lowest BCUT2D eigenvalue weighted by molar-refractivity contribution is -0.0973. The average Bonchev–Trinajstić information content (AvgIpc) is 3.23. The molecule has 4 rings (SSSR count). The van der Waals surface area contributed by atoms with E-state index in [0.29, 0.717) is 5.92 Å². The second-order valence-corrected chi connectivity index (χ2v) is 9.17. The van der Waals surface area contributed by atoms with Crippen LogP contribution in [0, 0.1) is 23.7 Å². The van der Waals surface area contributed by atoms with Crippen molar-refractivity contribution >= 4 is 11.6 Å². The van der Waals surface area contributed by atoms with Crippen LogP contribution in [0.2, 0.25) is 5.02 Å². The fourth-order valence-corrected chi connectivity index (χ4v) is 5.63. The van der Waals surface area contributed by atoms with Crippen molar-refractivity contribution in [1.29, 1.82) is 0 Å². The van der Waals surface area contributed by atoms with Crippen LogP contribution in [0.4, 0.5) is 0 Å². The molecule has 0 bridgehead atoms. The summed E-state index contributed by atoms with van der Waals surface area (Å²) in [5.74, 6) is 3.53. The minimum absolute atomic E-state index is 0.111. The lowest BCUT2D eigenvalue weighted by Crippen LogP contribution is -2.30. The second kappa shape index (κ2) is 9.08. The maximum absolute atomic E-state index is 5.98. The topological polar surface area (TPSA) is 18.5 Å². The van der Waals surface area contributed by atoms with Crippen molar-refractivity contribution in [3.63, 3.8) is 0 Å². The Morgan fingerprint density at radius 3 is 1.88 bits per heavy atom. The Morgan fingerprint density at radius 1 is 0.731 bits per heavy atom. The number of aryl methyl sites for hydroxylation is 1. The Kier molecular flexibility index (Phi) is 6.56. The van der Waals surface area contributed by atoms with Crippen molar-refractivity contribution in [1.82, 2.24) is 0 Å². The Hall–Kier alpha value is -0.570. The maximum atomic E-state index is 5.98. The predicted molar refractivity (Wildman–Crippen MR) is 106 cm³/mol. The Bertz CT molecular complexity index is 536. The van der Waals surface area contributed by atoms with Gasteiger partial charge in [-0.25, -0.2) is 0 Å². The van der Waals surface area contributed by atoms with E-state index in [1.807, 2.05) is 12.1 Å². The molecule has 144 valence electrons. The number of benzene rings is 1. The van der Waals surface area contributed by atoms with Crippen molar-refractivity contribution in [3.8, 4) is 0 Å². The highest BCUT2D eigenvalue weighted by Crippen LogP contribution is 2.43. The van der Waals surface area contributed by atoms with Gasteiger partial charge in [-0.2, -0.15) is 0 Å². The van der Waals surface area contributed by atoms with Gasteiger partial charge in [-0.1, -0.05) is 36.6 Å². The van der Waals surface area contributed by atoms with E-state index in [0.717, 1.165) is 36.0 Å². The van der Waals surface area contributed by atoms with Crippen molar-refractivity contribution in [3.05, 3.63) is 34.9 Å². The van der Waals surface area contributed by atoms with Gasteiger partial charge in [0.2, 0.25) is 0 Å². The number of halogens is 1. The summed E-state index contributed by atoms with van der Waals surface area (Å²) in [5, 5.41) is 0.843. The summed E-state index contributed by atoms with van der Waals surface area (Å²) in [6, 6.07) is 8.41. The summed E-state index contributed by atoms with van der Waals surface area (Å²) in [6.07, 6.45) is 13.9. The van der Waals surface area contributed by atoms with Gasteiger partial charge in [-0.15, -0.1) is 0 Å². The molecule has 3 fully saturated rings. The van der Waals surface area contributed by atoms with Gasteiger partial charge in [0.25, 0.3) is 0 Å². The number of hydrogen-bond acceptors (Lipinski definition) is 2. The van der Waals surface area contributed by atoms with Crippen LogP contribution in [0.25, 0.3) is 0 Å². The Morgan fingerprint density at radius 2 is 1.27 bits per heavy atom. The molecule has 3 heteroatoms. The van der Waals surface area contributed by atoms with Crippen molar-refractivity contribution in [2.45, 2.75) is 70.5 Å². The van der Waals surface area contributed by atoms with Crippen LogP contribution in [0.15, 0.2) is 24.3 Å². The zero-order valence-electron chi connectivity index (χ0n) is 15.9. The molecule has 1 aromatic rings. The molecule has 0 unspecified atom stereocenters. The van der Waals surface area contributed by atoms with Crippen molar-refractivity contribution in [2.75, 3.05) is 13.2 Å². The molecule has 1 aliphatic heterocycles. The molecule has 2 saturated carbocycles. The largest absolute Gasteiger partial charge is 0.350 e. The first-order valence-electron chi connectivity index (χ1n) is 10.8. The predicted octanol–water partition coefficient (Wildman–Crippen LogP) is 6.26. The van der Waals surface area contributed by atoms with Gasteiger partial charge in [0.05, 0.1) is 13.2 Å². The summed E-state index contributed by atoms with van der Waals surface area (Å²) in [6.45, 7) is 1.59. The van der Waals surface area contributed by atoms with Crippen LogP contribution in [0.3, 0.4) is 0 Å². The second-order valence-electron chi connectivity index (χ2n) is 8.73. The third-order valence-electron chi connectivity index (χ3n) is 7.16. The summed E-state index contributed by atoms with van der Waals surface area (Å²) < 4.78 is 11.5. The average molecular weight is 377 g/mol. The fourth-order valence-electron chi connectivity index (χ4n) is 5.51. The Labute approximate surface area is 163 Å². The zero-order chi connectivity index (χ0) is 17.8. The van der Waals surface area contributed by atoms with E-state index in [9.17, 15) is 0 Å². The van der Waals surface area contributed by atoms with E-state index in [1.165, 1.54) is 69.8 Å². The molecular formula is C23H33ClO2. The van der Waals surface area contributed by atoms with E-state index in [1.54, 1.807) is 0 Å². The molecule has 0 atom stereocenters. The molecule has 3 aliphatic rings. The highest BCUT2D eigenvalue weighted by atomic mass is 35.5. The standard InChI is InChI=1S/C23H33ClO2/c24-22-13-5-18(6-14-22)2-1-17-3-7-19(8-4-17)20-9-11-21(12-10-20)23-25-15-16-26-23/h5-6,13-14,17,19-21,23H,1-4,7-12,15-16H2/t17-,19-,20-,21-. The first-order valence-corrected chi connectivity index (χ1v) is 11.1. The highest BCUT2D eigenvalue weighted by Gasteiger charge is 2.35. The van der Waals surface area contributed by atoms with Crippen LogP contribution in [0.5, 0.6) is 0 Å². The van der Waals surface area contributed by atoms with E-state index >= 15 is 0 Å². The van der Waals surface area contributed by atoms with E-state index in [-0.39, 0.29) is 6.29 Å². The molecule has 0 N–H and O–H groups in total. The fraction of sp³-hybridized carbons (Fsp3) is 0.739. The van der Waals surface area contributed by atoms with E-state index in [2.05, 4.69) is 12.1 Å². The van der Waals surface area contributed by atoms with Gasteiger partial charge >= 0.3 is 0 Å². The highest BCUT2D eigenvalue weighted by molar-refractivity contribution is 6.30. The maximum Gasteiger partial charge on any atom is 0.160 e. The van der Waals surface area contributed by atoms with Gasteiger partial charge in [0, 0.05) is 10.9 Å². The third-order valence-corrected chi connectivity index (χ3v) is 7.41. The SMILES string of the molecule is Clc1ccc(CC[C@H]2CC[C@H]([C@H]3CC[C@H](C4OCCO4)CC3)CC2)cc1. The molecule has 26 heavy (non-hydrogen) atoms. The van der Waals surface area contributed by atoms with Gasteiger partial charge in [-0.3, -0.25) is 0 Å². The minimum atomic E-state index is 0.111. The molecule has 0 radical (unpaired) electrons. The number of rotatable bonds is 5. The number of hydrogen-bond donors (Lipinski definition) is 0. The molecule has 1 heterocycles. The first-order chi connectivity index (χ1) is 12.8. The molecule has 1 saturated heterocycles. The lowest BCUT2D eigenvalue weighted by atomic mass is 9.68. The summed E-state index contributed by atoms with van der Waals surface area (Å²) in [7, 11) is 0. The third kappa shape index (κ3) is 4.82. The normalized spacial score (nSPS) is 33.4. The van der Waals surface area contributed by atoms with Crippen LogP contribution in [0.1, 0.15) is 63.4 Å². The van der Waals surface area contributed by atoms with Crippen LogP contribution in [-0.4, -0.2) is 19.5 Å². The molecule has 2 aliphatic carbocycles. The zero-order valence-corrected chi connectivity index (χ0v) is 16.6. The van der Waals surface area contributed by atoms with Gasteiger partial charge < -0.3 is 9.47 Å². The molecule has 0 amide bonds. The van der Waals surface area contributed by atoms with Crippen molar-refractivity contribution < 1.29 is 9.47 Å². The monoisotopic (exact) mass is 376 g/mol. The first kappa shape index (κ1) is 18.8. The van der Waals surface area contributed by atoms with Crippen LogP contribution < -0.4 is 0 Å². The number of ether oxygens (including phenoxy) is 2. The summed E-state index contributed by atoms with van der Waals surface area (Å²) in [5.41, 5.74) is 1.44. The summed E-state index contributed by atoms with van der Waals surface area (Å²) in [4.78, 5) is 0. The smallest absolute Gasteiger partial charge is 0.160 e. The van der Waals surface area contributed by atoms with Gasteiger partial charge in [0.1, 0.15) is 0 Å². The molecule has 0 aromatic heterocycles. The van der Waals surface area contributed by atoms with Gasteiger partial charge in [-0.05, 0) is 86.8 Å². The van der Waals surface area contributed by atoms with Crippen LogP contribution in [-0.2, 0) is 15.9 Å². The lowest BCUT2D eigenvalue weighted by Gasteiger charge is -2.38. The summed E-state index contributed by atoms with van der Waals surface area (Å²) >= 11 is 5.98. The van der Waals surface area contributed by atoms with Crippen LogP contribution >= 0.6 is 11.6 Å². The minimum Gasteiger partial charge on any atom is -0.350 e. The molecule has 0 spiro atoms. The Balaban J connectivity index is 1.16.